The van der Waals surface area contributed by atoms with Crippen LogP contribution in [-0.4, -0.2) is 67.6 Å². The number of hydrogen-bond donors (Lipinski definition) is 2. The second kappa shape index (κ2) is 18.8. The Morgan fingerprint density at radius 1 is 0.565 bits per heavy atom. The van der Waals surface area contributed by atoms with Crippen molar-refractivity contribution < 1.29 is 38.0 Å². The standard InChI is InChI=1S/C36H46N2O8/c1-41-29-19-27(20-30(42-2)35(29)45-5)11-7-9-13-33(39)37-23-25-15-17-26(18-16-25)24-38-34(40)14-10-8-12-28-21-31(43-3)36(46-6)32(22-28)44-4/h7-14,19-22,25-26H,15-18,23-24H2,1-6H3,(H,37,39)(H,38,40). The first-order chi connectivity index (χ1) is 22.3. The first-order valence-corrected chi connectivity index (χ1v) is 15.2. The zero-order chi connectivity index (χ0) is 33.3. The maximum atomic E-state index is 12.3. The van der Waals surface area contributed by atoms with E-state index < -0.39 is 0 Å². The molecule has 1 saturated carbocycles. The van der Waals surface area contributed by atoms with Crippen LogP contribution in [0.5, 0.6) is 34.5 Å². The predicted molar refractivity (Wildman–Crippen MR) is 180 cm³/mol. The lowest BCUT2D eigenvalue weighted by Gasteiger charge is -2.28. The van der Waals surface area contributed by atoms with E-state index in [4.69, 9.17) is 28.4 Å². The molecule has 1 aliphatic rings. The molecule has 0 atom stereocenters. The van der Waals surface area contributed by atoms with E-state index in [2.05, 4.69) is 10.6 Å². The average Bonchev–Trinajstić information content (AvgIpc) is 3.09. The minimum Gasteiger partial charge on any atom is -0.493 e. The van der Waals surface area contributed by atoms with Crippen LogP contribution < -0.4 is 39.1 Å². The van der Waals surface area contributed by atoms with Gasteiger partial charge in [0.15, 0.2) is 23.0 Å². The lowest BCUT2D eigenvalue weighted by molar-refractivity contribution is -0.117. The van der Waals surface area contributed by atoms with Crippen molar-refractivity contribution in [3.8, 4) is 34.5 Å². The SMILES string of the molecule is COc1cc(C=CC=CC(=O)NCC2CCC(CNC(=O)C=CC=Cc3cc(OC)c(OC)c(OC)c3)CC2)cc(OC)c1OC. The van der Waals surface area contributed by atoms with Crippen LogP contribution in [0.4, 0.5) is 0 Å². The molecule has 2 amide bonds. The second-order valence-electron chi connectivity index (χ2n) is 10.7. The zero-order valence-corrected chi connectivity index (χ0v) is 27.6. The van der Waals surface area contributed by atoms with E-state index in [1.807, 2.05) is 36.4 Å². The van der Waals surface area contributed by atoms with Crippen LogP contribution in [0.1, 0.15) is 36.8 Å². The van der Waals surface area contributed by atoms with Crippen LogP contribution in [0.3, 0.4) is 0 Å². The fourth-order valence-electron chi connectivity index (χ4n) is 5.26. The Morgan fingerprint density at radius 3 is 1.17 bits per heavy atom. The third-order valence-corrected chi connectivity index (χ3v) is 7.77. The highest BCUT2D eigenvalue weighted by molar-refractivity contribution is 5.88. The van der Waals surface area contributed by atoms with E-state index in [0.29, 0.717) is 59.4 Å². The van der Waals surface area contributed by atoms with Gasteiger partial charge in [-0.05, 0) is 72.9 Å². The fraction of sp³-hybridized carbons (Fsp3) is 0.389. The molecule has 10 heteroatoms. The summed E-state index contributed by atoms with van der Waals surface area (Å²) in [5, 5.41) is 6.01. The number of amides is 2. The highest BCUT2D eigenvalue weighted by Gasteiger charge is 2.21. The normalized spacial score (nSPS) is 16.6. The number of rotatable bonds is 16. The number of carbonyl (C=O) groups is 2. The Kier molecular flexibility index (Phi) is 14.6. The van der Waals surface area contributed by atoms with Crippen molar-refractivity contribution >= 4 is 24.0 Å². The molecule has 1 aliphatic carbocycles. The predicted octanol–water partition coefficient (Wildman–Crippen LogP) is 5.62. The molecule has 248 valence electrons. The molecule has 2 N–H and O–H groups in total. The van der Waals surface area contributed by atoms with Gasteiger partial charge in [-0.3, -0.25) is 9.59 Å². The summed E-state index contributed by atoms with van der Waals surface area (Å²) in [6.07, 6.45) is 17.8. The smallest absolute Gasteiger partial charge is 0.243 e. The largest absolute Gasteiger partial charge is 0.493 e. The summed E-state index contributed by atoms with van der Waals surface area (Å²) in [5.41, 5.74) is 1.71. The Labute approximate surface area is 272 Å². The number of carbonyl (C=O) groups excluding carboxylic acids is 2. The van der Waals surface area contributed by atoms with Gasteiger partial charge in [0.2, 0.25) is 23.3 Å². The molecule has 2 aromatic carbocycles. The Bertz CT molecular complexity index is 1260. The van der Waals surface area contributed by atoms with Gasteiger partial charge in [0.1, 0.15) is 0 Å². The van der Waals surface area contributed by atoms with E-state index in [1.54, 1.807) is 67.0 Å². The van der Waals surface area contributed by atoms with Crippen LogP contribution in [0.2, 0.25) is 0 Å². The maximum absolute atomic E-state index is 12.3. The number of ether oxygens (including phenoxy) is 6. The van der Waals surface area contributed by atoms with Gasteiger partial charge in [0, 0.05) is 25.2 Å². The third kappa shape index (κ3) is 10.6. The van der Waals surface area contributed by atoms with Crippen molar-refractivity contribution in [2.75, 3.05) is 55.7 Å². The lowest BCUT2D eigenvalue weighted by Crippen LogP contribution is -2.33. The molecule has 10 nitrogen and oxygen atoms in total. The minimum absolute atomic E-state index is 0.130. The van der Waals surface area contributed by atoms with Crippen molar-refractivity contribution in [1.29, 1.82) is 0 Å². The van der Waals surface area contributed by atoms with E-state index in [0.717, 1.165) is 36.8 Å². The number of allylic oxidation sites excluding steroid dienone is 4. The maximum Gasteiger partial charge on any atom is 0.243 e. The van der Waals surface area contributed by atoms with Crippen molar-refractivity contribution in [2.45, 2.75) is 25.7 Å². The van der Waals surface area contributed by atoms with Crippen molar-refractivity contribution in [2.24, 2.45) is 11.8 Å². The van der Waals surface area contributed by atoms with Gasteiger partial charge >= 0.3 is 0 Å². The van der Waals surface area contributed by atoms with E-state index >= 15 is 0 Å². The minimum atomic E-state index is -0.130. The van der Waals surface area contributed by atoms with Gasteiger partial charge in [-0.1, -0.05) is 36.5 Å². The number of hydrogen-bond acceptors (Lipinski definition) is 8. The van der Waals surface area contributed by atoms with Gasteiger partial charge in [-0.15, -0.1) is 0 Å². The molecule has 0 heterocycles. The number of benzene rings is 2. The second-order valence-corrected chi connectivity index (χ2v) is 10.7. The van der Waals surface area contributed by atoms with E-state index in [1.165, 1.54) is 12.2 Å². The van der Waals surface area contributed by atoms with Crippen LogP contribution in [0.25, 0.3) is 12.2 Å². The molecular weight excluding hydrogens is 588 g/mol. The number of nitrogens with one attached hydrogen (secondary N) is 2. The monoisotopic (exact) mass is 634 g/mol. The first-order valence-electron chi connectivity index (χ1n) is 15.2. The lowest BCUT2D eigenvalue weighted by atomic mass is 9.82. The summed E-state index contributed by atoms with van der Waals surface area (Å²) in [7, 11) is 9.40. The van der Waals surface area contributed by atoms with Crippen molar-refractivity contribution in [1.82, 2.24) is 10.6 Å². The number of methoxy groups -OCH3 is 6. The summed E-state index contributed by atoms with van der Waals surface area (Å²) >= 11 is 0. The average molecular weight is 635 g/mol. The third-order valence-electron chi connectivity index (χ3n) is 7.77. The van der Waals surface area contributed by atoms with Crippen molar-refractivity contribution in [3.05, 3.63) is 71.8 Å². The molecule has 0 aliphatic heterocycles. The highest BCUT2D eigenvalue weighted by atomic mass is 16.5. The molecule has 0 unspecified atom stereocenters. The quantitative estimate of drug-likeness (QED) is 0.181. The molecule has 0 saturated heterocycles. The van der Waals surface area contributed by atoms with Crippen LogP contribution in [0, 0.1) is 11.8 Å². The van der Waals surface area contributed by atoms with Gasteiger partial charge in [-0.2, -0.15) is 0 Å². The van der Waals surface area contributed by atoms with Crippen LogP contribution in [0.15, 0.2) is 60.7 Å². The molecule has 0 aromatic heterocycles. The Hall–Kier alpha value is -4.86. The zero-order valence-electron chi connectivity index (χ0n) is 27.6. The van der Waals surface area contributed by atoms with Gasteiger partial charge in [0.25, 0.3) is 0 Å². The molecule has 0 bridgehead atoms. The van der Waals surface area contributed by atoms with Crippen molar-refractivity contribution in [3.63, 3.8) is 0 Å². The summed E-state index contributed by atoms with van der Waals surface area (Å²) in [6, 6.07) is 7.35. The van der Waals surface area contributed by atoms with E-state index in [-0.39, 0.29) is 11.8 Å². The Morgan fingerprint density at radius 2 is 0.891 bits per heavy atom. The highest BCUT2D eigenvalue weighted by Crippen LogP contribution is 2.39. The van der Waals surface area contributed by atoms with E-state index in [9.17, 15) is 9.59 Å². The summed E-state index contributed by atoms with van der Waals surface area (Å²) in [4.78, 5) is 24.7. The molecular formula is C36H46N2O8. The first kappa shape index (κ1) is 35.6. The summed E-state index contributed by atoms with van der Waals surface area (Å²) in [5.74, 6) is 3.92. The van der Waals surface area contributed by atoms with Crippen LogP contribution >= 0.6 is 0 Å². The topological polar surface area (TPSA) is 114 Å². The van der Waals surface area contributed by atoms with Gasteiger partial charge in [0.05, 0.1) is 42.7 Å². The molecule has 1 fully saturated rings. The van der Waals surface area contributed by atoms with Gasteiger partial charge < -0.3 is 39.1 Å². The summed E-state index contributed by atoms with van der Waals surface area (Å²) < 4.78 is 32.2. The molecule has 2 aromatic rings. The fourth-order valence-corrected chi connectivity index (χ4v) is 5.26. The molecule has 3 rings (SSSR count). The van der Waals surface area contributed by atoms with Crippen LogP contribution in [-0.2, 0) is 9.59 Å². The molecule has 46 heavy (non-hydrogen) atoms. The summed E-state index contributed by atoms with van der Waals surface area (Å²) in [6.45, 7) is 1.28. The van der Waals surface area contributed by atoms with Gasteiger partial charge in [-0.25, -0.2) is 0 Å². The molecule has 0 spiro atoms. The Balaban J connectivity index is 1.35. The molecule has 0 radical (unpaired) electrons.